The van der Waals surface area contributed by atoms with Gasteiger partial charge in [-0.15, -0.1) is 0 Å². The number of nitrogens with zero attached hydrogens (tertiary/aromatic N) is 2. The first-order valence-electron chi connectivity index (χ1n) is 5.03. The number of ether oxygens (including phenoxy) is 1. The molecule has 96 valence electrons. The molecule has 1 aliphatic heterocycles. The molecule has 17 heavy (non-hydrogen) atoms. The van der Waals surface area contributed by atoms with Crippen molar-refractivity contribution in [1.29, 1.82) is 0 Å². The minimum absolute atomic E-state index is 0.0361. The van der Waals surface area contributed by atoms with E-state index >= 15 is 0 Å². The summed E-state index contributed by atoms with van der Waals surface area (Å²) in [4.78, 5) is 0. The Kier molecular flexibility index (Phi) is 3.33. The highest BCUT2D eigenvalue weighted by Crippen LogP contribution is 2.38. The van der Waals surface area contributed by atoms with Crippen LogP contribution in [-0.4, -0.2) is 29.5 Å². The monoisotopic (exact) mass is 269 g/mol. The second kappa shape index (κ2) is 4.47. The topological polar surface area (TPSA) is 39.1 Å². The van der Waals surface area contributed by atoms with Gasteiger partial charge in [-0.2, -0.15) is 18.3 Å². The molecule has 1 saturated heterocycles. The molecule has 1 aromatic heterocycles. The molecular weight excluding hydrogens is 259 g/mol. The highest BCUT2D eigenvalue weighted by molar-refractivity contribution is 6.30. The molecule has 1 N–H and O–H groups in total. The van der Waals surface area contributed by atoms with Crippen LogP contribution in [0.4, 0.5) is 13.2 Å². The highest BCUT2D eigenvalue weighted by atomic mass is 35.5. The molecule has 2 heterocycles. The van der Waals surface area contributed by atoms with Crippen LogP contribution in [0.15, 0.2) is 0 Å². The number of hydrogen-bond donors (Lipinski definition) is 1. The quantitative estimate of drug-likeness (QED) is 0.844. The zero-order valence-corrected chi connectivity index (χ0v) is 9.77. The Morgan fingerprint density at radius 1 is 1.53 bits per heavy atom. The van der Waals surface area contributed by atoms with Crippen LogP contribution in [0.1, 0.15) is 17.4 Å². The van der Waals surface area contributed by atoms with Crippen molar-refractivity contribution in [1.82, 2.24) is 15.1 Å². The van der Waals surface area contributed by atoms with Crippen LogP contribution in [0.2, 0.25) is 5.15 Å². The number of hydrogen-bond acceptors (Lipinski definition) is 3. The minimum Gasteiger partial charge on any atom is -0.371 e. The number of aromatic nitrogens is 2. The van der Waals surface area contributed by atoms with Crippen LogP contribution in [0.3, 0.4) is 0 Å². The first kappa shape index (κ1) is 12.7. The molecule has 0 saturated carbocycles. The molecule has 1 aliphatic rings. The zero-order chi connectivity index (χ0) is 12.6. The van der Waals surface area contributed by atoms with Crippen molar-refractivity contribution in [2.45, 2.75) is 12.3 Å². The van der Waals surface area contributed by atoms with E-state index < -0.39 is 18.0 Å². The number of halogens is 4. The first-order valence-corrected chi connectivity index (χ1v) is 5.41. The average molecular weight is 270 g/mol. The molecule has 2 rings (SSSR count). The van der Waals surface area contributed by atoms with Gasteiger partial charge in [0.05, 0.1) is 12.2 Å². The Bertz CT molecular complexity index is 412. The summed E-state index contributed by atoms with van der Waals surface area (Å²) in [5.41, 5.74) is -1.06. The molecule has 0 aliphatic carbocycles. The molecular formula is C9H11ClF3N3O. The van der Waals surface area contributed by atoms with Crippen LogP contribution in [-0.2, 0) is 18.0 Å². The van der Waals surface area contributed by atoms with Crippen molar-refractivity contribution in [3.8, 4) is 0 Å². The van der Waals surface area contributed by atoms with Gasteiger partial charge in [-0.05, 0) is 0 Å². The number of aryl methyl sites for hydroxylation is 1. The Morgan fingerprint density at radius 2 is 2.24 bits per heavy atom. The molecule has 0 radical (unpaired) electrons. The van der Waals surface area contributed by atoms with Gasteiger partial charge in [-0.25, -0.2) is 0 Å². The van der Waals surface area contributed by atoms with Crippen molar-refractivity contribution in [3.05, 3.63) is 16.4 Å². The lowest BCUT2D eigenvalue weighted by Crippen LogP contribution is -2.34. The van der Waals surface area contributed by atoms with E-state index in [1.54, 1.807) is 0 Å². The average Bonchev–Trinajstić information content (AvgIpc) is 2.57. The molecule has 1 atom stereocenters. The molecule has 0 bridgehead atoms. The number of rotatable bonds is 1. The van der Waals surface area contributed by atoms with Gasteiger partial charge in [-0.1, -0.05) is 11.6 Å². The molecule has 4 nitrogen and oxygen atoms in total. The van der Waals surface area contributed by atoms with Crippen molar-refractivity contribution >= 4 is 11.6 Å². The van der Waals surface area contributed by atoms with Crippen LogP contribution in [0.25, 0.3) is 0 Å². The summed E-state index contributed by atoms with van der Waals surface area (Å²) < 4.78 is 44.7. The van der Waals surface area contributed by atoms with Gasteiger partial charge in [0.25, 0.3) is 0 Å². The Balaban J connectivity index is 2.43. The van der Waals surface area contributed by atoms with Gasteiger partial charge in [0.2, 0.25) is 0 Å². The van der Waals surface area contributed by atoms with Crippen LogP contribution in [0.5, 0.6) is 0 Å². The fourth-order valence-electron chi connectivity index (χ4n) is 1.77. The lowest BCUT2D eigenvalue weighted by Gasteiger charge is -2.24. The highest BCUT2D eigenvalue weighted by Gasteiger charge is 2.41. The summed E-state index contributed by atoms with van der Waals surface area (Å²) in [6.07, 6.45) is -5.23. The number of morpholine rings is 1. The van der Waals surface area contributed by atoms with Gasteiger partial charge < -0.3 is 10.1 Å². The summed E-state index contributed by atoms with van der Waals surface area (Å²) in [6, 6.07) is 0. The van der Waals surface area contributed by atoms with E-state index in [9.17, 15) is 13.2 Å². The Labute approximate surface area is 101 Å². The fourth-order valence-corrected chi connectivity index (χ4v) is 2.01. The lowest BCUT2D eigenvalue weighted by atomic mass is 10.1. The Hall–Kier alpha value is -0.790. The van der Waals surface area contributed by atoms with Gasteiger partial charge in [-0.3, -0.25) is 4.68 Å². The summed E-state index contributed by atoms with van der Waals surface area (Å²) in [5.74, 6) is 0. The van der Waals surface area contributed by atoms with Crippen molar-refractivity contribution in [3.63, 3.8) is 0 Å². The normalized spacial score (nSPS) is 21.8. The second-order valence-electron chi connectivity index (χ2n) is 3.74. The maximum atomic E-state index is 12.8. The maximum Gasteiger partial charge on any atom is 0.435 e. The van der Waals surface area contributed by atoms with E-state index in [2.05, 4.69) is 10.4 Å². The largest absolute Gasteiger partial charge is 0.435 e. The van der Waals surface area contributed by atoms with E-state index in [4.69, 9.17) is 16.3 Å². The second-order valence-corrected chi connectivity index (χ2v) is 4.10. The maximum absolute atomic E-state index is 12.8. The van der Waals surface area contributed by atoms with Crippen LogP contribution in [0, 0.1) is 0 Å². The van der Waals surface area contributed by atoms with Crippen molar-refractivity contribution < 1.29 is 17.9 Å². The Morgan fingerprint density at radius 3 is 2.76 bits per heavy atom. The van der Waals surface area contributed by atoms with Gasteiger partial charge in [0, 0.05) is 20.1 Å². The van der Waals surface area contributed by atoms with E-state index in [0.29, 0.717) is 19.7 Å². The standard InChI is InChI=1S/C9H11ClF3N3O/c1-16-8(10)6(5-4-14-2-3-17-5)7(15-16)9(11,12)13/h5,14H,2-4H2,1H3. The predicted molar refractivity (Wildman–Crippen MR) is 54.8 cm³/mol. The summed E-state index contributed by atoms with van der Waals surface area (Å²) in [5, 5.41) is 6.33. The van der Waals surface area contributed by atoms with E-state index in [0.717, 1.165) is 4.68 Å². The fraction of sp³-hybridized carbons (Fsp3) is 0.667. The van der Waals surface area contributed by atoms with E-state index in [-0.39, 0.29) is 10.7 Å². The van der Waals surface area contributed by atoms with Gasteiger partial charge in [0.15, 0.2) is 5.69 Å². The van der Waals surface area contributed by atoms with Crippen LogP contribution >= 0.6 is 11.6 Å². The third-order valence-electron chi connectivity index (χ3n) is 2.53. The number of nitrogens with one attached hydrogen (secondary N) is 1. The molecule has 0 aromatic carbocycles. The minimum atomic E-state index is -4.53. The van der Waals surface area contributed by atoms with Gasteiger partial charge in [0.1, 0.15) is 11.3 Å². The van der Waals surface area contributed by atoms with Gasteiger partial charge >= 0.3 is 6.18 Å². The van der Waals surface area contributed by atoms with Crippen molar-refractivity contribution in [2.24, 2.45) is 7.05 Å². The third kappa shape index (κ3) is 2.41. The molecule has 1 fully saturated rings. The zero-order valence-electron chi connectivity index (χ0n) is 9.01. The van der Waals surface area contributed by atoms with Crippen LogP contribution < -0.4 is 5.32 Å². The molecule has 8 heteroatoms. The van der Waals surface area contributed by atoms with Crippen molar-refractivity contribution in [2.75, 3.05) is 19.7 Å². The third-order valence-corrected chi connectivity index (χ3v) is 2.98. The smallest absolute Gasteiger partial charge is 0.371 e. The first-order chi connectivity index (χ1) is 7.91. The molecule has 1 aromatic rings. The molecule has 0 amide bonds. The lowest BCUT2D eigenvalue weighted by molar-refractivity contribution is -0.143. The molecule has 1 unspecified atom stereocenters. The molecule has 0 spiro atoms. The summed E-state index contributed by atoms with van der Waals surface area (Å²) >= 11 is 5.85. The SMILES string of the molecule is Cn1nc(C(F)(F)F)c(C2CNCCO2)c1Cl. The predicted octanol–water partition coefficient (Wildman–Crippen LogP) is 1.75. The van der Waals surface area contributed by atoms with E-state index in [1.807, 2.05) is 0 Å². The summed E-state index contributed by atoms with van der Waals surface area (Å²) in [6.45, 7) is 1.28. The summed E-state index contributed by atoms with van der Waals surface area (Å²) in [7, 11) is 1.37. The van der Waals surface area contributed by atoms with E-state index in [1.165, 1.54) is 7.05 Å². The number of alkyl halides is 3.